The van der Waals surface area contributed by atoms with Crippen LogP contribution >= 0.6 is 11.0 Å². The van der Waals surface area contributed by atoms with Gasteiger partial charge in [0.2, 0.25) is 11.0 Å². The van der Waals surface area contributed by atoms with Crippen LogP contribution in [-0.2, 0) is 8.57 Å². The van der Waals surface area contributed by atoms with Gasteiger partial charge in [0.1, 0.15) is 16.3 Å². The van der Waals surface area contributed by atoms with Gasteiger partial charge in [-0.15, -0.1) is 0 Å². The van der Waals surface area contributed by atoms with E-state index in [1.807, 2.05) is 0 Å². The van der Waals surface area contributed by atoms with Gasteiger partial charge in [-0.1, -0.05) is 24.2 Å². The summed E-state index contributed by atoms with van der Waals surface area (Å²) < 4.78 is 10.3. The Hall–Kier alpha value is -0.840. The summed E-state index contributed by atoms with van der Waals surface area (Å²) in [5.74, 6) is 0.950. The molecule has 0 saturated heterocycles. The fraction of sp³-hybridized carbons (Fsp3) is 0.625. The van der Waals surface area contributed by atoms with E-state index in [0.29, 0.717) is 11.8 Å². The summed E-state index contributed by atoms with van der Waals surface area (Å²) in [6.45, 7) is 4.35. The lowest BCUT2D eigenvalue weighted by molar-refractivity contribution is 0.305. The van der Waals surface area contributed by atoms with E-state index in [4.69, 9.17) is 8.57 Å². The summed E-state index contributed by atoms with van der Waals surface area (Å²) in [7, 11) is 0. The Kier molecular flexibility index (Phi) is 1.36. The minimum absolute atomic E-state index is 0.475. The van der Waals surface area contributed by atoms with Gasteiger partial charge in [0, 0.05) is 11.8 Å². The molecular formula is C8H10N2O2S. The second-order valence-electron chi connectivity index (χ2n) is 3.70. The van der Waals surface area contributed by atoms with E-state index < -0.39 is 11.0 Å². The topological polar surface area (TPSA) is 43.2 Å². The lowest BCUT2D eigenvalue weighted by Crippen LogP contribution is -2.37. The molecule has 0 unspecified atom stereocenters. The highest BCUT2D eigenvalue weighted by molar-refractivity contribution is 8.10. The molecule has 0 aromatic heterocycles. The first-order valence-electron chi connectivity index (χ1n) is 4.40. The summed E-state index contributed by atoms with van der Waals surface area (Å²) >= 11 is -0.609. The number of hydrogen-bond donors (Lipinski definition) is 0. The molecule has 5 heteroatoms. The molecule has 0 amide bonds. The van der Waals surface area contributed by atoms with Crippen LogP contribution in [0.5, 0.6) is 0 Å². The van der Waals surface area contributed by atoms with Crippen molar-refractivity contribution in [3.8, 4) is 0 Å². The molecule has 13 heavy (non-hydrogen) atoms. The zero-order chi connectivity index (χ0) is 9.00. The summed E-state index contributed by atoms with van der Waals surface area (Å²) in [5.41, 5.74) is 2.11. The molecule has 3 aliphatic rings. The summed E-state index contributed by atoms with van der Waals surface area (Å²) in [5, 5.41) is 8.08. The van der Waals surface area contributed by atoms with Crippen molar-refractivity contribution in [2.75, 3.05) is 0 Å². The van der Waals surface area contributed by atoms with Crippen LogP contribution in [0.4, 0.5) is 0 Å². The highest BCUT2D eigenvalue weighted by atomic mass is 32.2. The van der Waals surface area contributed by atoms with Crippen molar-refractivity contribution in [3.63, 3.8) is 0 Å². The normalized spacial score (nSPS) is 36.3. The SMILES string of the molecule is C[C@H]1C[C@H](C)C2=NOS3=C2C1=NO3. The minimum Gasteiger partial charge on any atom is -0.288 e. The van der Waals surface area contributed by atoms with Crippen LogP contribution in [0.3, 0.4) is 0 Å². The number of oxime groups is 2. The minimum atomic E-state index is -0.609. The van der Waals surface area contributed by atoms with Crippen LogP contribution in [0.15, 0.2) is 10.3 Å². The quantitative estimate of drug-likeness (QED) is 0.556. The molecule has 0 radical (unpaired) electrons. The van der Waals surface area contributed by atoms with Crippen LogP contribution in [0.1, 0.15) is 20.3 Å². The molecule has 1 aliphatic carbocycles. The maximum Gasteiger partial charge on any atom is 0.248 e. The van der Waals surface area contributed by atoms with Gasteiger partial charge < -0.3 is 0 Å². The van der Waals surface area contributed by atoms with Gasteiger partial charge >= 0.3 is 0 Å². The van der Waals surface area contributed by atoms with Crippen molar-refractivity contribution in [1.29, 1.82) is 0 Å². The second-order valence-corrected chi connectivity index (χ2v) is 4.88. The maximum absolute atomic E-state index is 5.15. The lowest BCUT2D eigenvalue weighted by atomic mass is 9.80. The van der Waals surface area contributed by atoms with E-state index in [9.17, 15) is 0 Å². The van der Waals surface area contributed by atoms with E-state index >= 15 is 0 Å². The zero-order valence-corrected chi connectivity index (χ0v) is 8.30. The van der Waals surface area contributed by atoms with E-state index in [1.54, 1.807) is 0 Å². The van der Waals surface area contributed by atoms with Crippen LogP contribution in [-0.4, -0.2) is 16.3 Å². The molecule has 1 fully saturated rings. The van der Waals surface area contributed by atoms with Gasteiger partial charge in [-0.2, -0.15) is 0 Å². The first kappa shape index (κ1) is 7.55. The average molecular weight is 198 g/mol. The molecule has 0 N–H and O–H groups in total. The molecule has 70 valence electrons. The molecule has 3 rings (SSSR count). The number of rotatable bonds is 0. The highest BCUT2D eigenvalue weighted by Gasteiger charge is 2.42. The van der Waals surface area contributed by atoms with Crippen LogP contribution in [0.2, 0.25) is 0 Å². The molecule has 2 heterocycles. The summed E-state index contributed by atoms with van der Waals surface area (Å²) in [4.78, 5) is 1.12. The second kappa shape index (κ2) is 2.35. The van der Waals surface area contributed by atoms with Gasteiger partial charge in [-0.3, -0.25) is 8.57 Å². The Morgan fingerprint density at radius 3 is 2.23 bits per heavy atom. The molecule has 0 aromatic rings. The molecule has 0 aromatic carbocycles. The predicted molar refractivity (Wildman–Crippen MR) is 52.6 cm³/mol. The van der Waals surface area contributed by atoms with Crippen molar-refractivity contribution in [2.45, 2.75) is 20.3 Å². The highest BCUT2D eigenvalue weighted by Crippen LogP contribution is 2.39. The van der Waals surface area contributed by atoms with E-state index in [2.05, 4.69) is 24.2 Å². The van der Waals surface area contributed by atoms with Crippen LogP contribution in [0, 0.1) is 11.8 Å². The fourth-order valence-electron chi connectivity index (χ4n) is 2.00. The van der Waals surface area contributed by atoms with Gasteiger partial charge in [-0.05, 0) is 6.42 Å². The smallest absolute Gasteiger partial charge is 0.248 e. The van der Waals surface area contributed by atoms with Crippen molar-refractivity contribution < 1.29 is 8.57 Å². The molecule has 2 aliphatic heterocycles. The van der Waals surface area contributed by atoms with Gasteiger partial charge in [0.15, 0.2) is 0 Å². The monoisotopic (exact) mass is 198 g/mol. The van der Waals surface area contributed by atoms with Gasteiger partial charge in [0.05, 0.1) is 0 Å². The number of nitrogens with zero attached hydrogens (tertiary/aromatic N) is 2. The number of hydrogen-bond acceptors (Lipinski definition) is 4. The lowest BCUT2D eigenvalue weighted by Gasteiger charge is -2.23. The first-order chi connectivity index (χ1) is 6.27. The first-order valence-corrected chi connectivity index (χ1v) is 5.47. The van der Waals surface area contributed by atoms with Crippen LogP contribution < -0.4 is 0 Å². The van der Waals surface area contributed by atoms with E-state index in [1.165, 1.54) is 0 Å². The summed E-state index contributed by atoms with van der Waals surface area (Å²) in [6.07, 6.45) is 1.09. The Morgan fingerprint density at radius 2 is 1.69 bits per heavy atom. The molecule has 0 spiro atoms. The third kappa shape index (κ3) is 0.852. The Labute approximate surface area is 78.9 Å². The van der Waals surface area contributed by atoms with Crippen molar-refractivity contribution >= 4 is 27.3 Å². The largest absolute Gasteiger partial charge is 0.288 e. The van der Waals surface area contributed by atoms with E-state index in [-0.39, 0.29) is 0 Å². The van der Waals surface area contributed by atoms with Crippen molar-refractivity contribution in [2.24, 2.45) is 22.1 Å². The van der Waals surface area contributed by atoms with Crippen LogP contribution in [0.25, 0.3) is 0 Å². The molecular weight excluding hydrogens is 188 g/mol. The third-order valence-electron chi connectivity index (χ3n) is 2.68. The Balaban J connectivity index is 2.13. The van der Waals surface area contributed by atoms with Gasteiger partial charge in [0.25, 0.3) is 0 Å². The molecule has 1 saturated carbocycles. The molecule has 2 atom stereocenters. The van der Waals surface area contributed by atoms with E-state index in [0.717, 1.165) is 22.7 Å². The standard InChI is InChI=1S/C8H10N2O2S/c1-4-3-5(2)7-8-6(4)9-11-13(8)12-10-7/h4-5H,3H2,1-2H3/t4-,5-/m0/s1. The maximum atomic E-state index is 5.15. The van der Waals surface area contributed by atoms with Crippen molar-refractivity contribution in [3.05, 3.63) is 0 Å². The Bertz CT molecular complexity index is 340. The van der Waals surface area contributed by atoms with Gasteiger partial charge in [-0.25, -0.2) is 0 Å². The third-order valence-corrected chi connectivity index (χ3v) is 3.85. The molecule has 0 bridgehead atoms. The molecule has 4 nitrogen and oxygen atoms in total. The van der Waals surface area contributed by atoms with Crippen molar-refractivity contribution in [1.82, 2.24) is 0 Å². The average Bonchev–Trinajstić information content (AvgIpc) is 2.60. The predicted octanol–water partition coefficient (Wildman–Crippen LogP) is 1.71. The zero-order valence-electron chi connectivity index (χ0n) is 7.48. The summed E-state index contributed by atoms with van der Waals surface area (Å²) in [6, 6.07) is 0. The fourth-order valence-corrected chi connectivity index (χ4v) is 3.29. The Morgan fingerprint density at radius 1 is 1.15 bits per heavy atom.